The van der Waals surface area contributed by atoms with Crippen LogP contribution in [-0.2, 0) is 0 Å². The maximum Gasteiger partial charge on any atom is 0.168 e. The first-order chi connectivity index (χ1) is 7.22. The Morgan fingerprint density at radius 1 is 1.27 bits per heavy atom. The molecule has 2 rings (SSSR count). The second-order valence-electron chi connectivity index (χ2n) is 2.91. The van der Waals surface area contributed by atoms with Gasteiger partial charge in [-0.05, 0) is 18.2 Å². The highest BCUT2D eigenvalue weighted by atomic mass is 19.2. The van der Waals surface area contributed by atoms with E-state index in [1.165, 1.54) is 12.4 Å². The van der Waals surface area contributed by atoms with Gasteiger partial charge in [0.25, 0.3) is 0 Å². The zero-order valence-electron chi connectivity index (χ0n) is 7.50. The van der Waals surface area contributed by atoms with Gasteiger partial charge in [-0.15, -0.1) is 0 Å². The molecule has 0 bridgehead atoms. The molecule has 0 aliphatic rings. The van der Waals surface area contributed by atoms with Gasteiger partial charge < -0.3 is 4.98 Å². The van der Waals surface area contributed by atoms with Gasteiger partial charge in [-0.25, -0.2) is 13.8 Å². The van der Waals surface area contributed by atoms with Crippen LogP contribution in [0.4, 0.5) is 8.78 Å². The van der Waals surface area contributed by atoms with Crippen molar-refractivity contribution >= 4 is 6.29 Å². The molecule has 3 nitrogen and oxygen atoms in total. The van der Waals surface area contributed by atoms with Crippen molar-refractivity contribution in [3.63, 3.8) is 0 Å². The lowest BCUT2D eigenvalue weighted by atomic mass is 10.1. The zero-order valence-corrected chi connectivity index (χ0v) is 7.50. The first-order valence-corrected chi connectivity index (χ1v) is 4.16. The van der Waals surface area contributed by atoms with Gasteiger partial charge in [-0.2, -0.15) is 0 Å². The van der Waals surface area contributed by atoms with Gasteiger partial charge in [-0.3, -0.25) is 4.79 Å². The Kier molecular flexibility index (Phi) is 2.29. The number of nitrogens with one attached hydrogen (secondary N) is 1. The van der Waals surface area contributed by atoms with Crippen molar-refractivity contribution < 1.29 is 13.6 Å². The van der Waals surface area contributed by atoms with Crippen molar-refractivity contribution in [1.29, 1.82) is 0 Å². The van der Waals surface area contributed by atoms with E-state index < -0.39 is 11.6 Å². The summed E-state index contributed by atoms with van der Waals surface area (Å²) in [5, 5.41) is 0. The Bertz CT molecular complexity index is 508. The van der Waals surface area contributed by atoms with E-state index in [4.69, 9.17) is 0 Å². The summed E-state index contributed by atoms with van der Waals surface area (Å²) >= 11 is 0. The number of aromatic nitrogens is 2. The lowest BCUT2D eigenvalue weighted by molar-refractivity contribution is 0.112. The topological polar surface area (TPSA) is 45.8 Å². The number of benzene rings is 1. The molecule has 0 aliphatic heterocycles. The Hall–Kier alpha value is -2.04. The van der Waals surface area contributed by atoms with Crippen LogP contribution in [0.25, 0.3) is 11.3 Å². The molecule has 0 radical (unpaired) electrons. The summed E-state index contributed by atoms with van der Waals surface area (Å²) in [4.78, 5) is 17.0. The summed E-state index contributed by atoms with van der Waals surface area (Å²) in [6.45, 7) is 0. The Balaban J connectivity index is 2.54. The molecule has 0 saturated heterocycles. The third-order valence-electron chi connectivity index (χ3n) is 1.98. The fraction of sp³-hybridized carbons (Fsp3) is 0. The molecule has 5 heteroatoms. The summed E-state index contributed by atoms with van der Waals surface area (Å²) in [6, 6.07) is 3.36. The number of aromatic amines is 1. The van der Waals surface area contributed by atoms with Crippen molar-refractivity contribution in [1.82, 2.24) is 9.97 Å². The van der Waals surface area contributed by atoms with Gasteiger partial charge in [0.15, 0.2) is 17.9 Å². The molecule has 1 aromatic heterocycles. The standard InChI is InChI=1S/C10H6F2N2O/c11-7-2-1-6(3-8(7)12)10-9(4-15)13-5-14-10/h1-5H,(H,13,14). The van der Waals surface area contributed by atoms with Gasteiger partial charge in [0, 0.05) is 5.56 Å². The normalized spacial score (nSPS) is 10.3. The fourth-order valence-electron chi connectivity index (χ4n) is 1.27. The average Bonchev–Trinajstić information content (AvgIpc) is 2.70. The van der Waals surface area contributed by atoms with Crippen LogP contribution in [0.3, 0.4) is 0 Å². The second kappa shape index (κ2) is 3.61. The lowest BCUT2D eigenvalue weighted by Crippen LogP contribution is -1.89. The number of H-pyrrole nitrogens is 1. The summed E-state index contributed by atoms with van der Waals surface area (Å²) in [7, 11) is 0. The number of carbonyl (C=O) groups is 1. The van der Waals surface area contributed by atoms with Gasteiger partial charge in [0.05, 0.1) is 12.0 Å². The minimum Gasteiger partial charge on any atom is -0.342 e. The minimum atomic E-state index is -0.965. The highest BCUT2D eigenvalue weighted by Crippen LogP contribution is 2.21. The Labute approximate surface area is 83.8 Å². The molecular formula is C10H6F2N2O. The van der Waals surface area contributed by atoms with Crippen molar-refractivity contribution in [2.24, 2.45) is 0 Å². The van der Waals surface area contributed by atoms with Crippen LogP contribution in [0.5, 0.6) is 0 Å². The van der Waals surface area contributed by atoms with Crippen molar-refractivity contribution in [2.75, 3.05) is 0 Å². The number of hydrogen-bond acceptors (Lipinski definition) is 2. The average molecular weight is 208 g/mol. The van der Waals surface area contributed by atoms with Crippen molar-refractivity contribution in [3.8, 4) is 11.3 Å². The number of carbonyl (C=O) groups excluding carboxylic acids is 1. The number of hydrogen-bond donors (Lipinski definition) is 1. The number of imidazole rings is 1. The van der Waals surface area contributed by atoms with E-state index in [1.54, 1.807) is 0 Å². The van der Waals surface area contributed by atoms with Gasteiger partial charge >= 0.3 is 0 Å². The smallest absolute Gasteiger partial charge is 0.168 e. The molecule has 76 valence electrons. The second-order valence-corrected chi connectivity index (χ2v) is 2.91. The van der Waals surface area contributed by atoms with Gasteiger partial charge in [-0.1, -0.05) is 0 Å². The van der Waals surface area contributed by atoms with Crippen LogP contribution < -0.4 is 0 Å². The fourth-order valence-corrected chi connectivity index (χ4v) is 1.27. The molecule has 15 heavy (non-hydrogen) atoms. The third-order valence-corrected chi connectivity index (χ3v) is 1.98. The van der Waals surface area contributed by atoms with E-state index in [0.29, 0.717) is 17.5 Å². The van der Waals surface area contributed by atoms with Crippen LogP contribution >= 0.6 is 0 Å². The van der Waals surface area contributed by atoms with Gasteiger partial charge in [0.2, 0.25) is 0 Å². The third kappa shape index (κ3) is 1.63. The monoisotopic (exact) mass is 208 g/mol. The van der Waals surface area contributed by atoms with Crippen LogP contribution in [-0.4, -0.2) is 16.3 Å². The first-order valence-electron chi connectivity index (χ1n) is 4.16. The van der Waals surface area contributed by atoms with E-state index in [1.807, 2.05) is 0 Å². The summed E-state index contributed by atoms with van der Waals surface area (Å²) < 4.78 is 25.6. The van der Waals surface area contributed by atoms with E-state index >= 15 is 0 Å². The lowest BCUT2D eigenvalue weighted by Gasteiger charge is -1.98. The number of halogens is 2. The summed E-state index contributed by atoms with van der Waals surface area (Å²) in [6.07, 6.45) is 1.89. The van der Waals surface area contributed by atoms with Crippen LogP contribution in [0.2, 0.25) is 0 Å². The molecule has 2 aromatic rings. The van der Waals surface area contributed by atoms with Gasteiger partial charge in [0.1, 0.15) is 5.69 Å². The first kappa shape index (κ1) is 9.51. The number of aldehydes is 1. The van der Waals surface area contributed by atoms with Crippen LogP contribution in [0.1, 0.15) is 10.5 Å². The molecular weight excluding hydrogens is 202 g/mol. The molecule has 0 spiro atoms. The predicted octanol–water partition coefficient (Wildman–Crippen LogP) is 2.17. The maximum atomic E-state index is 12.9. The largest absolute Gasteiger partial charge is 0.342 e. The molecule has 0 unspecified atom stereocenters. The molecule has 0 fully saturated rings. The maximum absolute atomic E-state index is 12.9. The molecule has 1 N–H and O–H groups in total. The zero-order chi connectivity index (χ0) is 10.8. The highest BCUT2D eigenvalue weighted by molar-refractivity contribution is 5.83. The van der Waals surface area contributed by atoms with E-state index in [9.17, 15) is 13.6 Å². The molecule has 0 atom stereocenters. The Morgan fingerprint density at radius 3 is 2.73 bits per heavy atom. The molecule has 1 aromatic carbocycles. The van der Waals surface area contributed by atoms with Crippen molar-refractivity contribution in [3.05, 3.63) is 41.9 Å². The molecule has 1 heterocycles. The quantitative estimate of drug-likeness (QED) is 0.768. The minimum absolute atomic E-state index is 0.237. The Morgan fingerprint density at radius 2 is 2.07 bits per heavy atom. The van der Waals surface area contributed by atoms with E-state index in [-0.39, 0.29) is 5.69 Å². The number of rotatable bonds is 2. The summed E-state index contributed by atoms with van der Waals surface area (Å²) in [5.74, 6) is -1.89. The molecule has 0 saturated carbocycles. The van der Waals surface area contributed by atoms with Crippen molar-refractivity contribution in [2.45, 2.75) is 0 Å². The van der Waals surface area contributed by atoms with Crippen LogP contribution in [0, 0.1) is 11.6 Å². The van der Waals surface area contributed by atoms with E-state index in [2.05, 4.69) is 9.97 Å². The number of nitrogens with zero attached hydrogens (tertiary/aromatic N) is 1. The molecule has 0 aliphatic carbocycles. The SMILES string of the molecule is O=Cc1[nH]cnc1-c1ccc(F)c(F)c1. The highest BCUT2D eigenvalue weighted by Gasteiger charge is 2.10. The van der Waals surface area contributed by atoms with Crippen LogP contribution in [0.15, 0.2) is 24.5 Å². The summed E-state index contributed by atoms with van der Waals surface area (Å²) in [5.41, 5.74) is 0.905. The van der Waals surface area contributed by atoms with E-state index in [0.717, 1.165) is 12.1 Å². The predicted molar refractivity (Wildman–Crippen MR) is 49.3 cm³/mol. The molecule has 0 amide bonds.